The van der Waals surface area contributed by atoms with Crippen LogP contribution in [0.15, 0.2) is 303 Å². The molecule has 0 atom stereocenters. The molecular weight excluding hydrogens is 897 g/mol. The van der Waals surface area contributed by atoms with E-state index in [2.05, 4.69) is 313 Å². The molecule has 12 aromatic carbocycles. The van der Waals surface area contributed by atoms with Crippen molar-refractivity contribution in [2.24, 2.45) is 0 Å². The quantitative estimate of drug-likeness (QED) is 0.0926. The van der Waals surface area contributed by atoms with Gasteiger partial charge < -0.3 is 9.47 Å². The summed E-state index contributed by atoms with van der Waals surface area (Å²) in [5.41, 5.74) is 13.7. The van der Waals surface area contributed by atoms with E-state index in [0.717, 1.165) is 50.6 Å². The lowest BCUT2D eigenvalue weighted by Gasteiger charge is -2.35. The minimum atomic E-state index is -2.77. The van der Waals surface area contributed by atoms with Crippen molar-refractivity contribution in [3.8, 4) is 39.1 Å². The molecule has 1 aromatic heterocycles. The topological polar surface area (TPSA) is 8.17 Å². The summed E-state index contributed by atoms with van der Waals surface area (Å²) in [7, 11) is -2.77. The van der Waals surface area contributed by atoms with E-state index < -0.39 is 8.07 Å². The van der Waals surface area contributed by atoms with E-state index >= 15 is 0 Å². The van der Waals surface area contributed by atoms with Crippen molar-refractivity contribution in [2.75, 3.05) is 4.90 Å². The van der Waals surface area contributed by atoms with Crippen LogP contribution in [0.1, 0.15) is 0 Å². The summed E-state index contributed by atoms with van der Waals surface area (Å²) in [5, 5.41) is 10.4. The Hall–Kier alpha value is -9.28. The van der Waals surface area contributed by atoms with Crippen molar-refractivity contribution in [3.63, 3.8) is 0 Å². The first-order chi connectivity index (χ1) is 36.2. The molecule has 0 amide bonds. The summed E-state index contributed by atoms with van der Waals surface area (Å²) in [6, 6.07) is 112. The van der Waals surface area contributed by atoms with Crippen LogP contribution in [0.3, 0.4) is 0 Å². The summed E-state index contributed by atoms with van der Waals surface area (Å²) in [6.45, 7) is 0. The Balaban J connectivity index is 1.00. The first kappa shape index (κ1) is 43.7. The molecule has 0 spiro atoms. The van der Waals surface area contributed by atoms with E-state index in [1.807, 2.05) is 0 Å². The average Bonchev–Trinajstić information content (AvgIpc) is 3.82. The highest BCUT2D eigenvalue weighted by atomic mass is 28.3. The molecule has 0 aliphatic carbocycles. The van der Waals surface area contributed by atoms with Gasteiger partial charge in [-0.1, -0.05) is 249 Å². The molecule has 73 heavy (non-hydrogen) atoms. The van der Waals surface area contributed by atoms with Gasteiger partial charge in [-0.05, 0) is 114 Å². The number of anilines is 3. The SMILES string of the molecule is c1ccc(-c2cc(N(c3ccc([Si](c4ccccc4)(c4ccccc4)c4ccccc4)cc3)c3ccccc3-c3ccccc3)ccc2-c2cccc(-n3c4ccccc4c4c5ccccc5ccc43)c2)cc1. The van der Waals surface area contributed by atoms with E-state index in [-0.39, 0.29) is 0 Å². The van der Waals surface area contributed by atoms with Crippen molar-refractivity contribution in [2.45, 2.75) is 0 Å². The monoisotopic (exact) mass is 946 g/mol. The predicted octanol–water partition coefficient (Wildman–Crippen LogP) is 15.8. The largest absolute Gasteiger partial charge is 0.310 e. The summed E-state index contributed by atoms with van der Waals surface area (Å²) in [6.07, 6.45) is 0. The van der Waals surface area contributed by atoms with Gasteiger partial charge in [-0.25, -0.2) is 0 Å². The lowest BCUT2D eigenvalue weighted by molar-refractivity contribution is 1.18. The molecule has 0 aliphatic rings. The Morgan fingerprint density at radius 1 is 0.288 bits per heavy atom. The van der Waals surface area contributed by atoms with Crippen molar-refractivity contribution in [3.05, 3.63) is 303 Å². The third-order valence-electron chi connectivity index (χ3n) is 14.7. The van der Waals surface area contributed by atoms with E-state index in [1.54, 1.807) is 0 Å². The summed E-state index contributed by atoms with van der Waals surface area (Å²) >= 11 is 0. The molecule has 0 saturated heterocycles. The summed E-state index contributed by atoms with van der Waals surface area (Å²) in [4.78, 5) is 2.46. The van der Waals surface area contributed by atoms with Crippen LogP contribution in [0.4, 0.5) is 17.1 Å². The van der Waals surface area contributed by atoms with Gasteiger partial charge in [0.05, 0.1) is 16.7 Å². The number of hydrogen-bond acceptors (Lipinski definition) is 1. The molecule has 2 nitrogen and oxygen atoms in total. The highest BCUT2D eigenvalue weighted by molar-refractivity contribution is 7.19. The third-order valence-corrected chi connectivity index (χ3v) is 19.5. The van der Waals surface area contributed by atoms with Gasteiger partial charge >= 0.3 is 0 Å². The zero-order valence-electron chi connectivity index (χ0n) is 40.3. The molecule has 0 aliphatic heterocycles. The van der Waals surface area contributed by atoms with Gasteiger partial charge in [0.25, 0.3) is 0 Å². The molecule has 0 bridgehead atoms. The molecule has 13 rings (SSSR count). The first-order valence-electron chi connectivity index (χ1n) is 25.2. The zero-order chi connectivity index (χ0) is 48.6. The number of nitrogens with zero attached hydrogens (tertiary/aromatic N) is 2. The van der Waals surface area contributed by atoms with Crippen LogP contribution in [0.5, 0.6) is 0 Å². The first-order valence-corrected chi connectivity index (χ1v) is 27.2. The minimum Gasteiger partial charge on any atom is -0.310 e. The lowest BCUT2D eigenvalue weighted by Crippen LogP contribution is -2.74. The van der Waals surface area contributed by atoms with Crippen LogP contribution >= 0.6 is 0 Å². The van der Waals surface area contributed by atoms with Crippen LogP contribution in [0.25, 0.3) is 71.6 Å². The smallest absolute Gasteiger partial charge is 0.179 e. The van der Waals surface area contributed by atoms with Crippen LogP contribution in [-0.2, 0) is 0 Å². The van der Waals surface area contributed by atoms with Crippen molar-refractivity contribution in [1.82, 2.24) is 4.57 Å². The van der Waals surface area contributed by atoms with Gasteiger partial charge in [0.2, 0.25) is 0 Å². The summed E-state index contributed by atoms with van der Waals surface area (Å²) in [5.74, 6) is 0. The molecule has 344 valence electrons. The highest BCUT2D eigenvalue weighted by Gasteiger charge is 2.41. The molecular formula is C70H50N2Si. The van der Waals surface area contributed by atoms with E-state index in [1.165, 1.54) is 58.9 Å². The van der Waals surface area contributed by atoms with Crippen LogP contribution in [0, 0.1) is 0 Å². The van der Waals surface area contributed by atoms with Crippen molar-refractivity contribution >= 4 is 78.5 Å². The Bertz CT molecular complexity index is 3960. The van der Waals surface area contributed by atoms with Gasteiger partial charge in [-0.3, -0.25) is 0 Å². The zero-order valence-corrected chi connectivity index (χ0v) is 41.3. The second kappa shape index (κ2) is 18.8. The maximum atomic E-state index is 2.46. The van der Waals surface area contributed by atoms with Crippen molar-refractivity contribution < 1.29 is 0 Å². The van der Waals surface area contributed by atoms with Gasteiger partial charge in [-0.15, -0.1) is 0 Å². The molecule has 0 unspecified atom stereocenters. The molecule has 0 fully saturated rings. The Morgan fingerprint density at radius 3 is 1.45 bits per heavy atom. The van der Waals surface area contributed by atoms with E-state index in [0.29, 0.717) is 0 Å². The number of fused-ring (bicyclic) bond motifs is 5. The van der Waals surface area contributed by atoms with Crippen LogP contribution < -0.4 is 25.6 Å². The van der Waals surface area contributed by atoms with Crippen LogP contribution in [-0.4, -0.2) is 12.6 Å². The number of hydrogen-bond donors (Lipinski definition) is 0. The number of rotatable bonds is 11. The maximum absolute atomic E-state index is 2.77. The fourth-order valence-corrected chi connectivity index (χ4v) is 16.2. The molecule has 0 radical (unpaired) electrons. The third kappa shape index (κ3) is 7.66. The Labute approximate surface area is 428 Å². The number of benzene rings is 12. The Kier molecular flexibility index (Phi) is 11.3. The molecule has 0 N–H and O–H groups in total. The Morgan fingerprint density at radius 2 is 0.795 bits per heavy atom. The maximum Gasteiger partial charge on any atom is 0.179 e. The van der Waals surface area contributed by atoms with Gasteiger partial charge in [0, 0.05) is 33.4 Å². The molecule has 0 saturated carbocycles. The number of aromatic nitrogens is 1. The van der Waals surface area contributed by atoms with Gasteiger partial charge in [0.15, 0.2) is 8.07 Å². The normalized spacial score (nSPS) is 11.6. The fraction of sp³-hybridized carbons (Fsp3) is 0. The van der Waals surface area contributed by atoms with Gasteiger partial charge in [-0.2, -0.15) is 0 Å². The minimum absolute atomic E-state index is 1.07. The standard InChI is InChI=1S/C70H50N2Si/c1-6-23-51(24-7-1)63-36-18-20-39-67(63)71(55-42-45-61(46-43-55)73(58-30-10-3-11-31-58,59-32-12-4-13-33-59)60-34-14-5-15-35-60)57-44-47-62(66(50-57)52-25-8-2-9-26-52)54-28-22-29-56(49-54)72-68-40-21-19-38-65(68)70-64-37-17-16-27-53(64)41-48-69(70)72/h1-50H. The summed E-state index contributed by atoms with van der Waals surface area (Å²) < 4.78 is 2.44. The second-order valence-corrected chi connectivity index (χ2v) is 22.6. The molecule has 1 heterocycles. The number of para-hydroxylation sites is 2. The second-order valence-electron chi connectivity index (χ2n) is 18.8. The molecule has 13 aromatic rings. The fourth-order valence-electron chi connectivity index (χ4n) is 11.5. The predicted molar refractivity (Wildman–Crippen MR) is 313 cm³/mol. The van der Waals surface area contributed by atoms with E-state index in [4.69, 9.17) is 0 Å². The van der Waals surface area contributed by atoms with Crippen LogP contribution in [0.2, 0.25) is 0 Å². The van der Waals surface area contributed by atoms with E-state index in [9.17, 15) is 0 Å². The molecule has 3 heteroatoms. The van der Waals surface area contributed by atoms with Gasteiger partial charge in [0.1, 0.15) is 0 Å². The lowest BCUT2D eigenvalue weighted by atomic mass is 9.93. The highest BCUT2D eigenvalue weighted by Crippen LogP contribution is 2.45. The average molecular weight is 947 g/mol. The van der Waals surface area contributed by atoms with Crippen molar-refractivity contribution in [1.29, 1.82) is 0 Å².